The summed E-state index contributed by atoms with van der Waals surface area (Å²) in [5.74, 6) is 1.67. The normalized spacial score (nSPS) is 12.3. The first kappa shape index (κ1) is 17.8. The summed E-state index contributed by atoms with van der Waals surface area (Å²) in [5.41, 5.74) is 3.16. The van der Waals surface area contributed by atoms with Crippen molar-refractivity contribution in [3.8, 4) is 10.8 Å². The average molecular weight is 398 g/mol. The maximum Gasteiger partial charge on any atom is 0.163 e. The van der Waals surface area contributed by atoms with Crippen molar-refractivity contribution in [2.45, 2.75) is 12.6 Å². The Morgan fingerprint density at radius 1 is 0.862 bits per heavy atom. The third-order valence-electron chi connectivity index (χ3n) is 4.76. The van der Waals surface area contributed by atoms with Gasteiger partial charge in [-0.2, -0.15) is 0 Å². The third kappa shape index (κ3) is 3.83. The maximum absolute atomic E-state index is 6.09. The van der Waals surface area contributed by atoms with Crippen LogP contribution in [0.3, 0.4) is 0 Å². The Morgan fingerprint density at radius 3 is 2.52 bits per heavy atom. The molecule has 1 unspecified atom stereocenters. The minimum atomic E-state index is -0.00611. The van der Waals surface area contributed by atoms with E-state index in [9.17, 15) is 0 Å². The van der Waals surface area contributed by atoms with Gasteiger partial charge in [0.05, 0.1) is 28.5 Å². The number of hydrogen-bond acceptors (Lipinski definition) is 5. The lowest BCUT2D eigenvalue weighted by Crippen LogP contribution is -2.22. The Kier molecular flexibility index (Phi) is 4.90. The van der Waals surface area contributed by atoms with E-state index in [1.54, 1.807) is 11.3 Å². The highest BCUT2D eigenvalue weighted by Gasteiger charge is 2.16. The summed E-state index contributed by atoms with van der Waals surface area (Å²) in [6.45, 7) is 0.598. The van der Waals surface area contributed by atoms with Crippen LogP contribution in [0.1, 0.15) is 23.1 Å². The van der Waals surface area contributed by atoms with Gasteiger partial charge in [-0.15, -0.1) is 11.3 Å². The Hall–Kier alpha value is -3.28. The van der Waals surface area contributed by atoms with E-state index >= 15 is 0 Å². The van der Waals surface area contributed by atoms with Crippen LogP contribution < -0.4 is 5.32 Å². The smallest absolute Gasteiger partial charge is 0.163 e. The number of nitrogens with one attached hydrogen (secondary N) is 1. The van der Waals surface area contributed by atoms with Crippen molar-refractivity contribution in [3.63, 3.8) is 0 Å². The van der Waals surface area contributed by atoms with Crippen LogP contribution in [-0.4, -0.2) is 9.97 Å². The lowest BCUT2D eigenvalue weighted by atomic mass is 10.0. The number of benzene rings is 2. The first-order chi connectivity index (χ1) is 14.4. The van der Waals surface area contributed by atoms with Crippen molar-refractivity contribution in [1.29, 1.82) is 0 Å². The summed E-state index contributed by atoms with van der Waals surface area (Å²) in [4.78, 5) is 9.22. The second-order valence-corrected chi connectivity index (χ2v) is 7.76. The summed E-state index contributed by atoms with van der Waals surface area (Å²) in [6.07, 6.45) is 1.82. The number of hydrogen-bond donors (Lipinski definition) is 1. The second-order valence-electron chi connectivity index (χ2n) is 6.73. The number of furan rings is 1. The highest BCUT2D eigenvalue weighted by Crippen LogP contribution is 2.31. The van der Waals surface area contributed by atoms with Crippen molar-refractivity contribution in [3.05, 3.63) is 108 Å². The SMILES string of the molecule is c1ccc(C(NCc2ccc(-c3nc4ccccc4s3)o2)c2ccccn2)cc1. The Balaban J connectivity index is 1.37. The maximum atomic E-state index is 6.09. The largest absolute Gasteiger partial charge is 0.457 e. The molecule has 0 aliphatic rings. The van der Waals surface area contributed by atoms with E-state index in [-0.39, 0.29) is 6.04 Å². The van der Waals surface area contributed by atoms with Gasteiger partial charge < -0.3 is 4.42 Å². The van der Waals surface area contributed by atoms with E-state index in [2.05, 4.69) is 33.5 Å². The molecule has 0 fully saturated rings. The minimum absolute atomic E-state index is 0.00611. The fourth-order valence-electron chi connectivity index (χ4n) is 3.35. The molecule has 5 rings (SSSR count). The van der Waals surface area contributed by atoms with E-state index in [0.717, 1.165) is 32.4 Å². The molecule has 29 heavy (non-hydrogen) atoms. The molecule has 0 bridgehead atoms. The predicted octanol–water partition coefficient (Wildman–Crippen LogP) is 5.83. The highest BCUT2D eigenvalue weighted by molar-refractivity contribution is 7.21. The zero-order valence-corrected chi connectivity index (χ0v) is 16.5. The minimum Gasteiger partial charge on any atom is -0.457 e. The molecule has 5 heteroatoms. The summed E-state index contributed by atoms with van der Waals surface area (Å²) >= 11 is 1.65. The second kappa shape index (κ2) is 7.99. The van der Waals surface area contributed by atoms with Gasteiger partial charge in [-0.3, -0.25) is 10.3 Å². The molecule has 0 spiro atoms. The van der Waals surface area contributed by atoms with Crippen LogP contribution in [0.5, 0.6) is 0 Å². The lowest BCUT2D eigenvalue weighted by molar-refractivity contribution is 0.474. The molecule has 1 atom stereocenters. The number of nitrogens with zero attached hydrogens (tertiary/aromatic N) is 2. The molecule has 0 amide bonds. The van der Waals surface area contributed by atoms with Crippen molar-refractivity contribution in [2.24, 2.45) is 0 Å². The van der Waals surface area contributed by atoms with Gasteiger partial charge in [-0.25, -0.2) is 4.98 Å². The van der Waals surface area contributed by atoms with Crippen molar-refractivity contribution in [1.82, 2.24) is 15.3 Å². The molecule has 3 heterocycles. The van der Waals surface area contributed by atoms with Crippen molar-refractivity contribution < 1.29 is 4.42 Å². The van der Waals surface area contributed by atoms with E-state index < -0.39 is 0 Å². The number of fused-ring (bicyclic) bond motifs is 1. The Morgan fingerprint density at radius 2 is 1.69 bits per heavy atom. The number of thiazole rings is 1. The van der Waals surface area contributed by atoms with E-state index in [1.807, 2.05) is 72.9 Å². The molecule has 0 aliphatic heterocycles. The van der Waals surface area contributed by atoms with Gasteiger partial charge in [0.2, 0.25) is 0 Å². The molecule has 1 N–H and O–H groups in total. The standard InChI is InChI=1S/C24H19N3OS/c1-2-8-17(9-3-1)23(20-11-6-7-15-25-20)26-16-18-13-14-21(28-18)24-27-19-10-4-5-12-22(19)29-24/h1-15,23,26H,16H2. The molecule has 0 aliphatic carbocycles. The fourth-order valence-corrected chi connectivity index (χ4v) is 4.28. The highest BCUT2D eigenvalue weighted by atomic mass is 32.1. The van der Waals surface area contributed by atoms with Crippen LogP contribution in [0.15, 0.2) is 95.5 Å². The molecular weight excluding hydrogens is 378 g/mol. The number of pyridine rings is 1. The summed E-state index contributed by atoms with van der Waals surface area (Å²) in [7, 11) is 0. The third-order valence-corrected chi connectivity index (χ3v) is 5.81. The van der Waals surface area contributed by atoms with Gasteiger partial charge in [-0.1, -0.05) is 48.5 Å². The monoisotopic (exact) mass is 397 g/mol. The quantitative estimate of drug-likeness (QED) is 0.392. The molecule has 3 aromatic heterocycles. The van der Waals surface area contributed by atoms with Gasteiger partial charge in [0.1, 0.15) is 5.76 Å². The fraction of sp³-hybridized carbons (Fsp3) is 0.0833. The first-order valence-electron chi connectivity index (χ1n) is 9.51. The molecule has 2 aromatic carbocycles. The summed E-state index contributed by atoms with van der Waals surface area (Å²) in [6, 6.07) is 28.5. The van der Waals surface area contributed by atoms with Crippen molar-refractivity contribution >= 4 is 21.6 Å². The Bertz CT molecular complexity index is 1140. The zero-order chi connectivity index (χ0) is 19.5. The van der Waals surface area contributed by atoms with E-state index in [0.29, 0.717) is 6.54 Å². The zero-order valence-electron chi connectivity index (χ0n) is 15.7. The van der Waals surface area contributed by atoms with E-state index in [4.69, 9.17) is 4.42 Å². The number of rotatable bonds is 6. The van der Waals surface area contributed by atoms with Crippen LogP contribution in [-0.2, 0) is 6.54 Å². The molecule has 4 nitrogen and oxygen atoms in total. The molecule has 0 saturated carbocycles. The van der Waals surface area contributed by atoms with Gasteiger partial charge >= 0.3 is 0 Å². The average Bonchev–Trinajstić information content (AvgIpc) is 3.42. The predicted molar refractivity (Wildman–Crippen MR) is 117 cm³/mol. The van der Waals surface area contributed by atoms with Gasteiger partial charge in [0.15, 0.2) is 10.8 Å². The lowest BCUT2D eigenvalue weighted by Gasteiger charge is -2.18. The number of para-hydroxylation sites is 1. The summed E-state index contributed by atoms with van der Waals surface area (Å²) < 4.78 is 7.25. The molecule has 5 aromatic rings. The molecule has 0 radical (unpaired) electrons. The van der Waals surface area contributed by atoms with Crippen LogP contribution >= 0.6 is 11.3 Å². The van der Waals surface area contributed by atoms with Crippen LogP contribution in [0.4, 0.5) is 0 Å². The van der Waals surface area contributed by atoms with Crippen LogP contribution in [0, 0.1) is 0 Å². The first-order valence-corrected chi connectivity index (χ1v) is 10.3. The summed E-state index contributed by atoms with van der Waals surface area (Å²) in [5, 5.41) is 4.49. The molecule has 142 valence electrons. The molecule has 0 saturated heterocycles. The van der Waals surface area contributed by atoms with E-state index in [1.165, 1.54) is 5.56 Å². The molecular formula is C24H19N3OS. The van der Waals surface area contributed by atoms with Crippen molar-refractivity contribution in [2.75, 3.05) is 0 Å². The van der Waals surface area contributed by atoms with Gasteiger partial charge in [0, 0.05) is 6.20 Å². The number of aromatic nitrogens is 2. The van der Waals surface area contributed by atoms with Gasteiger partial charge in [0.25, 0.3) is 0 Å². The van der Waals surface area contributed by atoms with Crippen LogP contribution in [0.2, 0.25) is 0 Å². The van der Waals surface area contributed by atoms with Gasteiger partial charge in [-0.05, 0) is 42.0 Å². The topological polar surface area (TPSA) is 51.0 Å². The Labute approximate surface area is 172 Å². The van der Waals surface area contributed by atoms with Crippen LogP contribution in [0.25, 0.3) is 21.0 Å².